The second-order valence-electron chi connectivity index (χ2n) is 14.2. The minimum atomic E-state index is -0.142. The molecule has 0 bridgehead atoms. The van der Waals surface area contributed by atoms with E-state index >= 15 is 0 Å². The molecule has 6 aromatic rings. The summed E-state index contributed by atoms with van der Waals surface area (Å²) in [6.07, 6.45) is 3.41. The van der Waals surface area contributed by atoms with Crippen LogP contribution in [0.2, 0.25) is 20.1 Å². The Morgan fingerprint density at radius 1 is 0.707 bits per heavy atom. The normalized spacial score (nSPS) is 11.2. The fourth-order valence-electron chi connectivity index (χ4n) is 5.76. The smallest absolute Gasteiger partial charge is 0.263 e. The van der Waals surface area contributed by atoms with E-state index in [1.54, 1.807) is 28.7 Å². The van der Waals surface area contributed by atoms with Gasteiger partial charge in [-0.1, -0.05) is 93.2 Å². The summed E-state index contributed by atoms with van der Waals surface area (Å²) in [7, 11) is 0. The molecule has 8 nitrogen and oxygen atoms in total. The topological polar surface area (TPSA) is 122 Å². The Morgan fingerprint density at radius 2 is 1.26 bits per heavy atom. The van der Waals surface area contributed by atoms with E-state index in [1.165, 1.54) is 27.6 Å². The molecule has 0 atom stereocenters. The predicted octanol–water partition coefficient (Wildman–Crippen LogP) is 12.9. The van der Waals surface area contributed by atoms with Crippen LogP contribution >= 0.6 is 91.8 Å². The van der Waals surface area contributed by atoms with Crippen molar-refractivity contribution in [2.75, 3.05) is 25.0 Å². The van der Waals surface area contributed by atoms with Crippen molar-refractivity contribution in [2.24, 2.45) is 17.6 Å². The fourth-order valence-corrected chi connectivity index (χ4v) is 10.5. The van der Waals surface area contributed by atoms with Crippen LogP contribution in [-0.4, -0.2) is 41.4 Å². The number of thiophene rings is 2. The first-order valence-corrected chi connectivity index (χ1v) is 23.7. The van der Waals surface area contributed by atoms with Gasteiger partial charge in [-0.05, 0) is 83.8 Å². The average Bonchev–Trinajstić information content (AvgIpc) is 4.00. The van der Waals surface area contributed by atoms with E-state index in [0.717, 1.165) is 72.9 Å². The van der Waals surface area contributed by atoms with Gasteiger partial charge in [0, 0.05) is 46.9 Å². The number of aromatic nitrogens is 2. The Labute approximate surface area is 376 Å². The molecule has 0 fully saturated rings. The summed E-state index contributed by atoms with van der Waals surface area (Å²) in [5, 5.41) is 16.7. The van der Waals surface area contributed by atoms with Crippen molar-refractivity contribution in [3.05, 3.63) is 109 Å². The van der Waals surface area contributed by atoms with Gasteiger partial charge in [0.1, 0.15) is 4.88 Å². The Balaban J connectivity index is 0.000000221. The molecule has 2 amide bonds. The van der Waals surface area contributed by atoms with Crippen LogP contribution in [0.15, 0.2) is 59.3 Å². The lowest BCUT2D eigenvalue weighted by Crippen LogP contribution is -2.28. The summed E-state index contributed by atoms with van der Waals surface area (Å²) in [6.45, 7) is 12.3. The molecule has 0 spiro atoms. The number of hydrogen-bond acceptors (Lipinski definition) is 10. The maximum absolute atomic E-state index is 12.4. The maximum Gasteiger partial charge on any atom is 0.263 e. The van der Waals surface area contributed by atoms with Crippen molar-refractivity contribution >= 4 is 114 Å². The summed E-state index contributed by atoms with van der Waals surface area (Å²) >= 11 is 30.8. The van der Waals surface area contributed by atoms with Crippen LogP contribution in [0.5, 0.6) is 0 Å². The summed E-state index contributed by atoms with van der Waals surface area (Å²) in [5.41, 5.74) is 11.0. The molecule has 2 aromatic carbocycles. The number of amides is 2. The number of nitrogens with two attached hydrogens (primary N) is 1. The number of carbonyl (C=O) groups is 2. The van der Waals surface area contributed by atoms with Crippen molar-refractivity contribution < 1.29 is 9.59 Å². The van der Waals surface area contributed by atoms with Gasteiger partial charge < -0.3 is 21.7 Å². The highest BCUT2D eigenvalue weighted by Crippen LogP contribution is 2.38. The van der Waals surface area contributed by atoms with Crippen molar-refractivity contribution in [1.82, 2.24) is 20.6 Å². The van der Waals surface area contributed by atoms with E-state index in [2.05, 4.69) is 43.6 Å². The van der Waals surface area contributed by atoms with Gasteiger partial charge in [-0.25, -0.2) is 9.97 Å². The van der Waals surface area contributed by atoms with Gasteiger partial charge >= 0.3 is 0 Å². The van der Waals surface area contributed by atoms with Gasteiger partial charge in [-0.2, -0.15) is 0 Å². The molecule has 4 aromatic heterocycles. The molecule has 6 rings (SSSR count). The van der Waals surface area contributed by atoms with Crippen LogP contribution in [0.3, 0.4) is 0 Å². The zero-order valence-corrected chi connectivity index (χ0v) is 39.1. The molecule has 0 unspecified atom stereocenters. The third-order valence-electron chi connectivity index (χ3n) is 8.39. The van der Waals surface area contributed by atoms with E-state index in [4.69, 9.17) is 62.1 Å². The Bertz CT molecular complexity index is 2160. The van der Waals surface area contributed by atoms with Crippen LogP contribution in [-0.2, 0) is 19.3 Å². The van der Waals surface area contributed by atoms with Gasteiger partial charge in [-0.15, -0.1) is 45.3 Å². The lowest BCUT2D eigenvalue weighted by atomic mass is 10.0. The maximum atomic E-state index is 12.4. The number of thiazole rings is 2. The molecule has 0 radical (unpaired) electrons. The summed E-state index contributed by atoms with van der Waals surface area (Å²) in [4.78, 5) is 38.3. The number of carbonyl (C=O) groups excluding carboxylic acids is 2. The number of anilines is 2. The number of rotatable bonds is 16. The van der Waals surface area contributed by atoms with Gasteiger partial charge in [0.15, 0.2) is 5.13 Å². The number of nitrogens with zero attached hydrogens (tertiary/aromatic N) is 2. The predicted molar refractivity (Wildman–Crippen MR) is 251 cm³/mol. The zero-order chi connectivity index (χ0) is 41.9. The molecule has 5 N–H and O–H groups in total. The van der Waals surface area contributed by atoms with Crippen LogP contribution in [0.25, 0.3) is 22.5 Å². The second-order valence-corrected chi connectivity index (χ2v) is 19.9. The minimum Gasteiger partial charge on any atom is -0.351 e. The highest BCUT2D eigenvalue weighted by atomic mass is 35.5. The van der Waals surface area contributed by atoms with Gasteiger partial charge in [0.05, 0.1) is 47.1 Å². The van der Waals surface area contributed by atoms with Crippen LogP contribution in [0.1, 0.15) is 80.7 Å². The average molecular weight is 937 g/mol. The third kappa shape index (κ3) is 12.5. The molecule has 4 heterocycles. The number of halogens is 4. The highest BCUT2D eigenvalue weighted by Gasteiger charge is 2.21. The highest BCUT2D eigenvalue weighted by molar-refractivity contribution is 7.16. The standard InChI is InChI=1S/C22H24Cl2N2OS2.C20H22Cl2N4OS2/c1-4-8-25-22(27)21-15(7-9-28-21)12-19-26-20(18(29-19)10-13(2)3)14-5-6-16(23)17(24)11-14;1-11(2)9-16-17(12-3-4-13(21)14(22)10-12)26-20(29-16)25-15-5-8-28-18(15)19(27)24-7-6-23/h5-7,9,11,13H,4,8,10,12H2,1-3H3,(H,25,27);3-5,8,10-11H,6-7,9,23H2,1-2H3,(H,24,27)(H,25,26). The molecule has 16 heteroatoms. The summed E-state index contributed by atoms with van der Waals surface area (Å²) in [5.74, 6) is 0.849. The Kier molecular flexibility index (Phi) is 17.5. The van der Waals surface area contributed by atoms with E-state index in [9.17, 15) is 9.59 Å². The van der Waals surface area contributed by atoms with E-state index in [0.29, 0.717) is 62.9 Å². The molecule has 58 heavy (non-hydrogen) atoms. The first-order valence-electron chi connectivity index (χ1n) is 18.8. The zero-order valence-electron chi connectivity index (χ0n) is 32.8. The Morgan fingerprint density at radius 3 is 1.84 bits per heavy atom. The number of benzene rings is 2. The number of hydrogen-bond donors (Lipinski definition) is 4. The van der Waals surface area contributed by atoms with Crippen LogP contribution in [0, 0.1) is 11.8 Å². The van der Waals surface area contributed by atoms with Crippen molar-refractivity contribution in [3.8, 4) is 22.5 Å². The van der Waals surface area contributed by atoms with E-state index in [-0.39, 0.29) is 11.8 Å². The first kappa shape index (κ1) is 46.0. The minimum absolute atomic E-state index is 0.000478. The van der Waals surface area contributed by atoms with Gasteiger partial charge in [0.25, 0.3) is 11.8 Å². The monoisotopic (exact) mass is 934 g/mol. The molecular formula is C42H46Cl4N6O2S4. The molecule has 0 saturated carbocycles. The molecule has 0 aliphatic heterocycles. The lowest BCUT2D eigenvalue weighted by Gasteiger charge is -2.06. The van der Waals surface area contributed by atoms with Gasteiger partial charge in [-0.3, -0.25) is 9.59 Å². The van der Waals surface area contributed by atoms with Crippen LogP contribution < -0.4 is 21.7 Å². The third-order valence-corrected chi connectivity index (χ3v) is 13.8. The number of nitrogens with one attached hydrogen (secondary N) is 3. The van der Waals surface area contributed by atoms with Crippen LogP contribution in [0.4, 0.5) is 10.8 Å². The van der Waals surface area contributed by atoms with Crippen molar-refractivity contribution in [1.29, 1.82) is 0 Å². The van der Waals surface area contributed by atoms with Gasteiger partial charge in [0.2, 0.25) is 0 Å². The first-order chi connectivity index (χ1) is 27.8. The quantitative estimate of drug-likeness (QED) is 0.0767. The van der Waals surface area contributed by atoms with E-state index < -0.39 is 0 Å². The largest absolute Gasteiger partial charge is 0.351 e. The molecule has 0 saturated heterocycles. The molecule has 0 aliphatic carbocycles. The van der Waals surface area contributed by atoms with Crippen molar-refractivity contribution in [2.45, 2.75) is 60.3 Å². The Hall–Kier alpha value is -3.04. The fraction of sp³-hybridized carbons (Fsp3) is 0.333. The molecule has 308 valence electrons. The molecule has 0 aliphatic rings. The molecular weight excluding hydrogens is 891 g/mol. The summed E-state index contributed by atoms with van der Waals surface area (Å²) < 4.78 is 0. The SMILES string of the molecule is CC(C)Cc1sc(Nc2ccsc2C(=O)NCCN)nc1-c1ccc(Cl)c(Cl)c1.CCCNC(=O)c1sccc1Cc1nc(-c2ccc(Cl)c(Cl)c2)c(CC(C)C)s1. The van der Waals surface area contributed by atoms with Crippen molar-refractivity contribution in [3.63, 3.8) is 0 Å². The summed E-state index contributed by atoms with van der Waals surface area (Å²) in [6, 6.07) is 15.1. The van der Waals surface area contributed by atoms with E-state index in [1.807, 2.05) is 60.1 Å². The second kappa shape index (κ2) is 22.0. The lowest BCUT2D eigenvalue weighted by molar-refractivity contribution is 0.0950.